The molecule has 1 heterocycles. The third-order valence-electron chi connectivity index (χ3n) is 3.79. The van der Waals surface area contributed by atoms with E-state index in [0.717, 1.165) is 17.9 Å². The van der Waals surface area contributed by atoms with Gasteiger partial charge in [0, 0.05) is 6.20 Å². The number of ether oxygens (including phenoxy) is 1. The largest absolute Gasteiger partial charge is 0.496 e. The molecule has 3 nitrogen and oxygen atoms in total. The van der Waals surface area contributed by atoms with Crippen LogP contribution < -0.4 is 10.1 Å². The minimum Gasteiger partial charge on any atom is -0.496 e. The highest BCUT2D eigenvalue weighted by Crippen LogP contribution is 2.26. The predicted molar refractivity (Wildman–Crippen MR) is 86.9 cm³/mol. The lowest BCUT2D eigenvalue weighted by Gasteiger charge is -2.20. The molecule has 2 rings (SSSR count). The van der Waals surface area contributed by atoms with Crippen LogP contribution in [0.5, 0.6) is 5.75 Å². The summed E-state index contributed by atoms with van der Waals surface area (Å²) < 4.78 is 5.48. The smallest absolute Gasteiger partial charge is 0.122 e. The zero-order valence-corrected chi connectivity index (χ0v) is 13.5. The monoisotopic (exact) mass is 284 g/mol. The number of pyridine rings is 1. The van der Waals surface area contributed by atoms with E-state index >= 15 is 0 Å². The Morgan fingerprint density at radius 1 is 1.14 bits per heavy atom. The van der Waals surface area contributed by atoms with Crippen molar-refractivity contribution in [3.63, 3.8) is 0 Å². The fourth-order valence-corrected chi connectivity index (χ4v) is 2.71. The van der Waals surface area contributed by atoms with Crippen LogP contribution in [0, 0.1) is 20.8 Å². The molecular weight excluding hydrogens is 260 g/mol. The van der Waals surface area contributed by atoms with Crippen molar-refractivity contribution >= 4 is 0 Å². The summed E-state index contributed by atoms with van der Waals surface area (Å²) in [6, 6.07) is 8.66. The number of benzene rings is 1. The topological polar surface area (TPSA) is 34.1 Å². The number of nitrogens with one attached hydrogen (secondary N) is 1. The first kappa shape index (κ1) is 15.5. The third kappa shape index (κ3) is 3.61. The highest BCUT2D eigenvalue weighted by atomic mass is 16.5. The average molecular weight is 284 g/mol. The molecule has 3 heteroatoms. The zero-order chi connectivity index (χ0) is 15.4. The molecule has 1 N–H and O–H groups in total. The normalized spacial score (nSPS) is 12.2. The SMILES string of the molecule is CNC(Cc1cc(C)ccc1OC)c1ncc(C)cc1C. The third-order valence-corrected chi connectivity index (χ3v) is 3.79. The molecule has 21 heavy (non-hydrogen) atoms. The number of aryl methyl sites for hydroxylation is 3. The predicted octanol–water partition coefficient (Wildman–Crippen LogP) is 3.52. The molecule has 0 saturated heterocycles. The Morgan fingerprint density at radius 3 is 2.52 bits per heavy atom. The van der Waals surface area contributed by atoms with Gasteiger partial charge in [-0.15, -0.1) is 0 Å². The zero-order valence-electron chi connectivity index (χ0n) is 13.5. The molecule has 0 aliphatic heterocycles. The summed E-state index contributed by atoms with van der Waals surface area (Å²) in [5.41, 5.74) is 5.97. The Morgan fingerprint density at radius 2 is 1.90 bits per heavy atom. The fraction of sp³-hybridized carbons (Fsp3) is 0.389. The lowest BCUT2D eigenvalue weighted by Crippen LogP contribution is -2.21. The van der Waals surface area contributed by atoms with E-state index in [2.05, 4.69) is 49.3 Å². The highest BCUT2D eigenvalue weighted by molar-refractivity contribution is 5.38. The van der Waals surface area contributed by atoms with Crippen LogP contribution in [-0.4, -0.2) is 19.1 Å². The van der Waals surface area contributed by atoms with Crippen molar-refractivity contribution in [3.8, 4) is 5.75 Å². The van der Waals surface area contributed by atoms with Crippen LogP contribution in [-0.2, 0) is 6.42 Å². The Labute approximate surface area is 127 Å². The number of hydrogen-bond donors (Lipinski definition) is 1. The van der Waals surface area contributed by atoms with Gasteiger partial charge in [-0.25, -0.2) is 0 Å². The summed E-state index contributed by atoms with van der Waals surface area (Å²) >= 11 is 0. The summed E-state index contributed by atoms with van der Waals surface area (Å²) in [7, 11) is 3.70. The maximum Gasteiger partial charge on any atom is 0.122 e. The van der Waals surface area contributed by atoms with Crippen molar-refractivity contribution in [3.05, 3.63) is 58.4 Å². The molecule has 0 aliphatic rings. The van der Waals surface area contributed by atoms with Crippen molar-refractivity contribution in [2.75, 3.05) is 14.2 Å². The lowest BCUT2D eigenvalue weighted by atomic mass is 9.97. The summed E-state index contributed by atoms with van der Waals surface area (Å²) in [5, 5.41) is 3.38. The van der Waals surface area contributed by atoms with Gasteiger partial charge in [-0.05, 0) is 57.0 Å². The Balaban J connectivity index is 2.33. The van der Waals surface area contributed by atoms with Gasteiger partial charge < -0.3 is 10.1 Å². The van der Waals surface area contributed by atoms with Crippen LogP contribution in [0.2, 0.25) is 0 Å². The summed E-state index contributed by atoms with van der Waals surface area (Å²) in [5.74, 6) is 0.936. The van der Waals surface area contributed by atoms with Gasteiger partial charge in [-0.3, -0.25) is 4.98 Å². The van der Waals surface area contributed by atoms with Crippen molar-refractivity contribution in [1.29, 1.82) is 0 Å². The van der Waals surface area contributed by atoms with Gasteiger partial charge in [0.15, 0.2) is 0 Å². The number of rotatable bonds is 5. The molecule has 0 spiro atoms. The first-order valence-corrected chi connectivity index (χ1v) is 7.29. The van der Waals surface area contributed by atoms with Gasteiger partial charge in [0.1, 0.15) is 5.75 Å². The van der Waals surface area contributed by atoms with Gasteiger partial charge in [0.05, 0.1) is 18.8 Å². The van der Waals surface area contributed by atoms with E-state index in [0.29, 0.717) is 0 Å². The number of methoxy groups -OCH3 is 1. The number of aromatic nitrogens is 1. The maximum atomic E-state index is 5.48. The molecule has 112 valence electrons. The number of hydrogen-bond acceptors (Lipinski definition) is 3. The molecule has 0 fully saturated rings. The van der Waals surface area contributed by atoms with Crippen LogP contribution in [0.15, 0.2) is 30.5 Å². The van der Waals surface area contributed by atoms with Crippen molar-refractivity contribution < 1.29 is 4.74 Å². The molecule has 1 aromatic heterocycles. The summed E-state index contributed by atoms with van der Waals surface area (Å²) in [4.78, 5) is 4.62. The number of likely N-dealkylation sites (N-methyl/N-ethyl adjacent to an activating group) is 1. The van der Waals surface area contributed by atoms with Gasteiger partial charge in [-0.2, -0.15) is 0 Å². The molecule has 1 aromatic carbocycles. The average Bonchev–Trinajstić information content (AvgIpc) is 2.45. The molecule has 0 amide bonds. The van der Waals surface area contributed by atoms with E-state index in [9.17, 15) is 0 Å². The highest BCUT2D eigenvalue weighted by Gasteiger charge is 2.16. The first-order valence-electron chi connectivity index (χ1n) is 7.29. The first-order chi connectivity index (χ1) is 10.0. The van der Waals surface area contributed by atoms with Gasteiger partial charge >= 0.3 is 0 Å². The molecule has 0 radical (unpaired) electrons. The van der Waals surface area contributed by atoms with E-state index in [1.54, 1.807) is 7.11 Å². The Bertz CT molecular complexity index is 623. The minimum atomic E-state index is 0.182. The molecule has 0 aliphatic carbocycles. The Kier molecular flexibility index (Phi) is 4.97. The van der Waals surface area contributed by atoms with Crippen molar-refractivity contribution in [2.24, 2.45) is 0 Å². The number of nitrogens with zero attached hydrogens (tertiary/aromatic N) is 1. The standard InChI is InChI=1S/C18H24N2O/c1-12-6-7-17(21-5)15(9-12)10-16(19-4)18-14(3)8-13(2)11-20-18/h6-9,11,16,19H,10H2,1-5H3. The van der Waals surface area contributed by atoms with Crippen LogP contribution in [0.25, 0.3) is 0 Å². The van der Waals surface area contributed by atoms with E-state index in [1.165, 1.54) is 22.3 Å². The lowest BCUT2D eigenvalue weighted by molar-refractivity contribution is 0.406. The van der Waals surface area contributed by atoms with E-state index in [-0.39, 0.29) is 6.04 Å². The van der Waals surface area contributed by atoms with Crippen molar-refractivity contribution in [1.82, 2.24) is 10.3 Å². The van der Waals surface area contributed by atoms with E-state index in [4.69, 9.17) is 4.74 Å². The Hall–Kier alpha value is -1.87. The van der Waals surface area contributed by atoms with Crippen molar-refractivity contribution in [2.45, 2.75) is 33.2 Å². The van der Waals surface area contributed by atoms with Gasteiger partial charge in [0.25, 0.3) is 0 Å². The summed E-state index contributed by atoms with van der Waals surface area (Å²) in [6.45, 7) is 6.29. The van der Waals surface area contributed by atoms with Gasteiger partial charge in [-0.1, -0.05) is 23.8 Å². The van der Waals surface area contributed by atoms with Crippen LogP contribution in [0.1, 0.15) is 34.0 Å². The molecule has 0 saturated carbocycles. The fourth-order valence-electron chi connectivity index (χ4n) is 2.71. The van der Waals surface area contributed by atoms with Crippen LogP contribution >= 0.6 is 0 Å². The molecular formula is C18H24N2O. The maximum absolute atomic E-state index is 5.48. The van der Waals surface area contributed by atoms with E-state index in [1.807, 2.05) is 19.3 Å². The second kappa shape index (κ2) is 6.72. The van der Waals surface area contributed by atoms with E-state index < -0.39 is 0 Å². The quantitative estimate of drug-likeness (QED) is 0.912. The molecule has 0 bridgehead atoms. The minimum absolute atomic E-state index is 0.182. The molecule has 2 aromatic rings. The van der Waals surface area contributed by atoms with Crippen LogP contribution in [0.3, 0.4) is 0 Å². The second-order valence-electron chi connectivity index (χ2n) is 5.58. The second-order valence-corrected chi connectivity index (χ2v) is 5.58. The molecule has 1 atom stereocenters. The van der Waals surface area contributed by atoms with Gasteiger partial charge in [0.2, 0.25) is 0 Å². The summed E-state index contributed by atoms with van der Waals surface area (Å²) in [6.07, 6.45) is 2.79. The molecule has 1 unspecified atom stereocenters. The van der Waals surface area contributed by atoms with Crippen LogP contribution in [0.4, 0.5) is 0 Å².